The van der Waals surface area contributed by atoms with Gasteiger partial charge >= 0.3 is 0 Å². The van der Waals surface area contributed by atoms with Gasteiger partial charge in [0, 0.05) is 10.9 Å². The lowest BCUT2D eigenvalue weighted by molar-refractivity contribution is -0.123. The third kappa shape index (κ3) is 3.55. The van der Waals surface area contributed by atoms with Gasteiger partial charge in [0.15, 0.2) is 16.4 Å². The number of thiophene rings is 1. The van der Waals surface area contributed by atoms with Crippen LogP contribution in [0.25, 0.3) is 10.2 Å². The van der Waals surface area contributed by atoms with Crippen molar-refractivity contribution in [3.63, 3.8) is 0 Å². The molecule has 2 aliphatic rings. The average molecular weight is 396 g/mol. The van der Waals surface area contributed by atoms with Crippen LogP contribution in [0.4, 0.5) is 0 Å². The second-order valence-corrected chi connectivity index (χ2v) is 10.5. The normalized spacial score (nSPS) is 24.3. The molecule has 1 aliphatic heterocycles. The van der Waals surface area contributed by atoms with Crippen molar-refractivity contribution in [3.8, 4) is 5.88 Å². The number of nitrogens with zero attached hydrogens (tertiary/aromatic N) is 2. The highest BCUT2D eigenvalue weighted by molar-refractivity contribution is 7.91. The fraction of sp³-hybridized carbons (Fsp3) is 0.588. The molecule has 4 rings (SSSR count). The van der Waals surface area contributed by atoms with E-state index in [1.54, 1.807) is 11.3 Å². The maximum atomic E-state index is 12.1. The Morgan fingerprint density at radius 3 is 3.00 bits per heavy atom. The van der Waals surface area contributed by atoms with Gasteiger partial charge in [-0.25, -0.2) is 18.4 Å². The van der Waals surface area contributed by atoms with Crippen LogP contribution in [-0.4, -0.2) is 48.4 Å². The third-order valence-corrected chi connectivity index (χ3v) is 7.92. The molecule has 0 saturated carbocycles. The van der Waals surface area contributed by atoms with Crippen LogP contribution in [0.5, 0.6) is 5.88 Å². The average Bonchev–Trinajstić information content (AvgIpc) is 3.11. The van der Waals surface area contributed by atoms with Crippen molar-refractivity contribution in [2.45, 2.75) is 38.6 Å². The summed E-state index contributed by atoms with van der Waals surface area (Å²) in [5.74, 6) is 0.923. The molecule has 1 N–H and O–H groups in total. The van der Waals surface area contributed by atoms with E-state index in [0.717, 1.165) is 29.5 Å². The second kappa shape index (κ2) is 6.77. The van der Waals surface area contributed by atoms with Crippen molar-refractivity contribution in [2.24, 2.45) is 5.92 Å². The van der Waals surface area contributed by atoms with Gasteiger partial charge < -0.3 is 10.1 Å². The Hall–Kier alpha value is -1.74. The van der Waals surface area contributed by atoms with Gasteiger partial charge in [-0.2, -0.15) is 0 Å². The number of rotatable bonds is 4. The van der Waals surface area contributed by atoms with Gasteiger partial charge in [0.2, 0.25) is 5.88 Å². The Labute approximate surface area is 156 Å². The summed E-state index contributed by atoms with van der Waals surface area (Å²) in [5.41, 5.74) is 1.25. The van der Waals surface area contributed by atoms with Crippen LogP contribution in [0.15, 0.2) is 6.33 Å². The lowest BCUT2D eigenvalue weighted by atomic mass is 9.89. The number of hydrogen-bond acceptors (Lipinski definition) is 7. The summed E-state index contributed by atoms with van der Waals surface area (Å²) in [6, 6.07) is -0.322. The number of hydrogen-bond donors (Lipinski definition) is 1. The smallest absolute Gasteiger partial charge is 0.258 e. The number of carbonyl (C=O) groups is 1. The van der Waals surface area contributed by atoms with Gasteiger partial charge in [-0.15, -0.1) is 11.3 Å². The van der Waals surface area contributed by atoms with E-state index in [-0.39, 0.29) is 30.1 Å². The molecule has 2 aromatic rings. The molecule has 1 amide bonds. The van der Waals surface area contributed by atoms with E-state index in [4.69, 9.17) is 4.74 Å². The molecule has 140 valence electrons. The standard InChI is InChI=1S/C17H21N3O4S2/c1-10-2-3-12-13(6-10)25-17-15(12)16(18-9-19-17)24-7-14(21)20-11-4-5-26(22,23)8-11/h9-11H,2-8H2,1H3,(H,20,21)/t10-,11+/m0/s1. The molecule has 1 aliphatic carbocycles. The summed E-state index contributed by atoms with van der Waals surface area (Å²) in [7, 11) is -3.02. The Morgan fingerprint density at radius 2 is 2.23 bits per heavy atom. The monoisotopic (exact) mass is 395 g/mol. The van der Waals surface area contributed by atoms with E-state index >= 15 is 0 Å². The maximum absolute atomic E-state index is 12.1. The quantitative estimate of drug-likeness (QED) is 0.842. The molecule has 3 heterocycles. The number of ether oxygens (including phenoxy) is 1. The van der Waals surface area contributed by atoms with Crippen molar-refractivity contribution < 1.29 is 17.9 Å². The molecular formula is C17H21N3O4S2. The van der Waals surface area contributed by atoms with Gasteiger partial charge in [0.25, 0.3) is 5.91 Å². The van der Waals surface area contributed by atoms with Crippen LogP contribution < -0.4 is 10.1 Å². The van der Waals surface area contributed by atoms with Crippen LogP contribution in [0.2, 0.25) is 0 Å². The first kappa shape index (κ1) is 17.7. The minimum absolute atomic E-state index is 0.00666. The minimum atomic E-state index is -3.02. The topological polar surface area (TPSA) is 98.2 Å². The van der Waals surface area contributed by atoms with Crippen molar-refractivity contribution >= 4 is 37.3 Å². The Bertz CT molecular complexity index is 954. The predicted octanol–water partition coefficient (Wildman–Crippen LogP) is 1.50. The van der Waals surface area contributed by atoms with E-state index in [2.05, 4.69) is 22.2 Å². The van der Waals surface area contributed by atoms with E-state index in [1.165, 1.54) is 16.8 Å². The molecule has 0 unspecified atom stereocenters. The highest BCUT2D eigenvalue weighted by Gasteiger charge is 2.29. The first-order chi connectivity index (χ1) is 12.4. The van der Waals surface area contributed by atoms with E-state index < -0.39 is 9.84 Å². The molecular weight excluding hydrogens is 374 g/mol. The van der Waals surface area contributed by atoms with Crippen LogP contribution in [-0.2, 0) is 27.5 Å². The molecule has 2 atom stereocenters. The van der Waals surface area contributed by atoms with Crippen LogP contribution in [0.3, 0.4) is 0 Å². The predicted molar refractivity (Wildman–Crippen MR) is 99.3 cm³/mol. The number of aromatic nitrogens is 2. The summed E-state index contributed by atoms with van der Waals surface area (Å²) in [6.45, 7) is 2.08. The molecule has 7 nitrogen and oxygen atoms in total. The molecule has 0 spiro atoms. The van der Waals surface area contributed by atoms with Crippen LogP contribution in [0, 0.1) is 5.92 Å². The number of nitrogens with one attached hydrogen (secondary N) is 1. The highest BCUT2D eigenvalue weighted by atomic mass is 32.2. The van der Waals surface area contributed by atoms with Crippen molar-refractivity contribution in [2.75, 3.05) is 18.1 Å². The third-order valence-electron chi connectivity index (χ3n) is 4.99. The van der Waals surface area contributed by atoms with Gasteiger partial charge in [-0.05, 0) is 37.2 Å². The Kier molecular flexibility index (Phi) is 4.60. The van der Waals surface area contributed by atoms with Gasteiger partial charge in [0.05, 0.1) is 16.9 Å². The zero-order valence-corrected chi connectivity index (χ0v) is 16.2. The lowest BCUT2D eigenvalue weighted by Gasteiger charge is -2.18. The van der Waals surface area contributed by atoms with E-state index in [0.29, 0.717) is 18.2 Å². The van der Waals surface area contributed by atoms with Gasteiger partial charge in [0.1, 0.15) is 11.2 Å². The van der Waals surface area contributed by atoms with Gasteiger partial charge in [-0.3, -0.25) is 4.79 Å². The number of aryl methyl sites for hydroxylation is 1. The first-order valence-corrected chi connectivity index (χ1v) is 11.4. The second-order valence-electron chi connectivity index (χ2n) is 7.17. The molecule has 0 radical (unpaired) electrons. The SMILES string of the molecule is C[C@H]1CCc2c(sc3ncnc(OCC(=O)N[C@@H]4CCS(=O)(=O)C4)c23)C1. The maximum Gasteiger partial charge on any atom is 0.258 e. The zero-order chi connectivity index (χ0) is 18.3. The molecule has 0 bridgehead atoms. The lowest BCUT2D eigenvalue weighted by Crippen LogP contribution is -2.38. The summed E-state index contributed by atoms with van der Waals surface area (Å²) < 4.78 is 28.6. The Morgan fingerprint density at radius 1 is 1.38 bits per heavy atom. The number of amides is 1. The zero-order valence-electron chi connectivity index (χ0n) is 14.5. The molecule has 2 aromatic heterocycles. The number of carbonyl (C=O) groups excluding carboxylic acids is 1. The van der Waals surface area contributed by atoms with Crippen molar-refractivity contribution in [1.82, 2.24) is 15.3 Å². The van der Waals surface area contributed by atoms with Gasteiger partial charge in [-0.1, -0.05) is 6.92 Å². The molecule has 26 heavy (non-hydrogen) atoms. The fourth-order valence-electron chi connectivity index (χ4n) is 3.67. The molecule has 9 heteroatoms. The minimum Gasteiger partial charge on any atom is -0.467 e. The van der Waals surface area contributed by atoms with E-state index in [9.17, 15) is 13.2 Å². The fourth-order valence-corrected chi connectivity index (χ4v) is 6.68. The van der Waals surface area contributed by atoms with E-state index in [1.807, 2.05) is 0 Å². The summed E-state index contributed by atoms with van der Waals surface area (Å²) in [5, 5.41) is 3.66. The molecule has 0 aromatic carbocycles. The van der Waals surface area contributed by atoms with Crippen molar-refractivity contribution in [1.29, 1.82) is 0 Å². The summed E-state index contributed by atoms with van der Waals surface area (Å²) in [6.07, 6.45) is 5.08. The largest absolute Gasteiger partial charge is 0.467 e. The Balaban J connectivity index is 1.47. The first-order valence-electron chi connectivity index (χ1n) is 8.79. The van der Waals surface area contributed by atoms with Crippen LogP contribution >= 0.6 is 11.3 Å². The number of sulfone groups is 1. The molecule has 1 fully saturated rings. The summed E-state index contributed by atoms with van der Waals surface area (Å²) in [4.78, 5) is 22.9. The number of fused-ring (bicyclic) bond motifs is 3. The molecule has 1 saturated heterocycles. The highest BCUT2D eigenvalue weighted by Crippen LogP contribution is 2.40. The summed E-state index contributed by atoms with van der Waals surface area (Å²) >= 11 is 1.68. The van der Waals surface area contributed by atoms with Crippen LogP contribution in [0.1, 0.15) is 30.2 Å². The van der Waals surface area contributed by atoms with Crippen molar-refractivity contribution in [3.05, 3.63) is 16.8 Å².